The molecule has 1 saturated carbocycles. The lowest BCUT2D eigenvalue weighted by atomic mass is 9.61. The Morgan fingerprint density at radius 2 is 1.35 bits per heavy atom. The van der Waals surface area contributed by atoms with Crippen molar-refractivity contribution in [1.82, 2.24) is 0 Å². The first-order valence-corrected chi connectivity index (χ1v) is 6.72. The van der Waals surface area contributed by atoms with Crippen LogP contribution in [0.1, 0.15) is 46.5 Å². The minimum Gasteiger partial charge on any atom is -0.480 e. The lowest BCUT2D eigenvalue weighted by Gasteiger charge is -2.44. The van der Waals surface area contributed by atoms with Crippen LogP contribution in [-0.2, 0) is 14.4 Å². The molecule has 0 radical (unpaired) electrons. The van der Waals surface area contributed by atoms with Crippen molar-refractivity contribution in [3.05, 3.63) is 0 Å². The predicted octanol–water partition coefficient (Wildman–Crippen LogP) is 2.08. The maximum absolute atomic E-state index is 11.1. The Labute approximate surface area is 117 Å². The van der Waals surface area contributed by atoms with Crippen LogP contribution in [0.15, 0.2) is 0 Å². The van der Waals surface area contributed by atoms with Crippen molar-refractivity contribution in [2.45, 2.75) is 46.5 Å². The molecule has 0 aromatic rings. The normalized spacial score (nSPS) is 22.9. The van der Waals surface area contributed by atoms with Crippen molar-refractivity contribution in [3.63, 3.8) is 0 Å². The number of rotatable bonds is 6. The Bertz CT molecular complexity index is 378. The molecule has 6 heteroatoms. The molecule has 0 unspecified atom stereocenters. The van der Waals surface area contributed by atoms with Crippen molar-refractivity contribution in [2.75, 3.05) is 0 Å². The molecule has 0 spiro atoms. The Morgan fingerprint density at radius 3 is 1.65 bits per heavy atom. The first-order chi connectivity index (χ1) is 9.01. The van der Waals surface area contributed by atoms with Crippen molar-refractivity contribution >= 4 is 17.9 Å². The zero-order valence-electron chi connectivity index (χ0n) is 12.0. The summed E-state index contributed by atoms with van der Waals surface area (Å²) in [5.41, 5.74) is -2.53. The summed E-state index contributed by atoms with van der Waals surface area (Å²) in [7, 11) is 0. The van der Waals surface area contributed by atoms with Crippen LogP contribution >= 0.6 is 0 Å². The molecule has 0 atom stereocenters. The van der Waals surface area contributed by atoms with Crippen LogP contribution in [-0.4, -0.2) is 33.2 Å². The lowest BCUT2D eigenvalue weighted by Crippen LogP contribution is -2.47. The summed E-state index contributed by atoms with van der Waals surface area (Å²) in [6.07, 6.45) is 1.75. The van der Waals surface area contributed by atoms with Gasteiger partial charge in [-0.15, -0.1) is 0 Å². The van der Waals surface area contributed by atoms with Gasteiger partial charge < -0.3 is 15.3 Å². The van der Waals surface area contributed by atoms with Gasteiger partial charge in [0.15, 0.2) is 0 Å². The van der Waals surface area contributed by atoms with E-state index < -0.39 is 23.3 Å². The number of hydrogen-bond donors (Lipinski definition) is 3. The zero-order chi connectivity index (χ0) is 15.7. The zero-order valence-corrected chi connectivity index (χ0v) is 12.0. The summed E-state index contributed by atoms with van der Waals surface area (Å²) in [5, 5.41) is 27.0. The van der Waals surface area contributed by atoms with E-state index in [2.05, 4.69) is 20.8 Å². The minimum atomic E-state index is -2.72. The summed E-state index contributed by atoms with van der Waals surface area (Å²) in [6.45, 7) is 6.39. The molecule has 0 aromatic heterocycles. The fraction of sp³-hybridized carbons (Fsp3) is 0.786. The fourth-order valence-electron chi connectivity index (χ4n) is 2.69. The number of carbonyl (C=O) groups is 3. The first kappa shape index (κ1) is 16.5. The monoisotopic (exact) mass is 286 g/mol. The molecule has 0 aliphatic heterocycles. The van der Waals surface area contributed by atoms with E-state index in [1.54, 1.807) is 0 Å². The van der Waals surface area contributed by atoms with Crippen LogP contribution in [0.2, 0.25) is 0 Å². The summed E-state index contributed by atoms with van der Waals surface area (Å²) < 4.78 is 0. The van der Waals surface area contributed by atoms with Crippen molar-refractivity contribution in [2.24, 2.45) is 22.7 Å². The molecular weight excluding hydrogens is 264 g/mol. The molecular formula is C14H22O6. The topological polar surface area (TPSA) is 112 Å². The highest BCUT2D eigenvalue weighted by molar-refractivity contribution is 6.16. The smallest absolute Gasteiger partial charge is 0.332 e. The Balaban J connectivity index is 2.65. The van der Waals surface area contributed by atoms with Gasteiger partial charge in [0.25, 0.3) is 5.41 Å². The van der Waals surface area contributed by atoms with Crippen LogP contribution in [0.4, 0.5) is 0 Å². The second-order valence-corrected chi connectivity index (χ2v) is 6.76. The molecule has 3 N–H and O–H groups in total. The minimum absolute atomic E-state index is 0.181. The van der Waals surface area contributed by atoms with Crippen LogP contribution in [0.25, 0.3) is 0 Å². The third-order valence-corrected chi connectivity index (χ3v) is 4.48. The molecule has 1 rings (SSSR count). The Hall–Kier alpha value is -1.59. The van der Waals surface area contributed by atoms with Crippen LogP contribution in [0, 0.1) is 22.7 Å². The summed E-state index contributed by atoms with van der Waals surface area (Å²) in [5.74, 6) is -4.66. The summed E-state index contributed by atoms with van der Waals surface area (Å²) in [6, 6.07) is 0. The standard InChI is InChI=1S/C14H22O6/c1-13(2,3)9-6-8(7-9)4-5-14(10(15)16,11(17)18)12(19)20/h8-9H,4-7H2,1-3H3,(H,15,16)(H,17,18)(H,19,20). The number of carboxylic acids is 3. The highest BCUT2D eigenvalue weighted by Crippen LogP contribution is 2.47. The molecule has 0 heterocycles. The molecule has 0 bridgehead atoms. The lowest BCUT2D eigenvalue weighted by molar-refractivity contribution is -0.176. The molecule has 6 nitrogen and oxygen atoms in total. The SMILES string of the molecule is CC(C)(C)C1CC(CCC(C(=O)O)(C(=O)O)C(=O)O)C1. The molecule has 1 aliphatic carbocycles. The van der Waals surface area contributed by atoms with E-state index in [4.69, 9.17) is 15.3 Å². The van der Waals surface area contributed by atoms with Crippen LogP contribution in [0.5, 0.6) is 0 Å². The average Bonchev–Trinajstić information content (AvgIpc) is 2.17. The Morgan fingerprint density at radius 1 is 0.950 bits per heavy atom. The van der Waals surface area contributed by atoms with E-state index in [1.807, 2.05) is 0 Å². The molecule has 0 amide bonds. The second kappa shape index (κ2) is 5.42. The fourth-order valence-corrected chi connectivity index (χ4v) is 2.69. The van der Waals surface area contributed by atoms with Gasteiger partial charge in [-0.1, -0.05) is 20.8 Å². The molecule has 20 heavy (non-hydrogen) atoms. The Kier molecular flexibility index (Phi) is 4.46. The average molecular weight is 286 g/mol. The number of aliphatic carboxylic acids is 3. The number of carboxylic acid groups (broad SMARTS) is 3. The maximum Gasteiger partial charge on any atom is 0.332 e. The summed E-state index contributed by atoms with van der Waals surface area (Å²) >= 11 is 0. The first-order valence-electron chi connectivity index (χ1n) is 6.72. The van der Waals surface area contributed by atoms with E-state index in [0.717, 1.165) is 12.8 Å². The van der Waals surface area contributed by atoms with Gasteiger partial charge in [0.05, 0.1) is 0 Å². The van der Waals surface area contributed by atoms with Crippen LogP contribution in [0.3, 0.4) is 0 Å². The molecule has 1 fully saturated rings. The van der Waals surface area contributed by atoms with Crippen molar-refractivity contribution < 1.29 is 29.7 Å². The molecule has 1 aliphatic rings. The highest BCUT2D eigenvalue weighted by Gasteiger charge is 2.54. The van der Waals surface area contributed by atoms with E-state index in [0.29, 0.717) is 12.3 Å². The largest absolute Gasteiger partial charge is 0.480 e. The third-order valence-electron chi connectivity index (χ3n) is 4.48. The van der Waals surface area contributed by atoms with Crippen molar-refractivity contribution in [1.29, 1.82) is 0 Å². The van der Waals surface area contributed by atoms with Gasteiger partial charge in [0, 0.05) is 0 Å². The second-order valence-electron chi connectivity index (χ2n) is 6.76. The van der Waals surface area contributed by atoms with Gasteiger partial charge in [-0.2, -0.15) is 0 Å². The van der Waals surface area contributed by atoms with Gasteiger partial charge in [-0.25, -0.2) is 0 Å². The quantitative estimate of drug-likeness (QED) is 0.644. The third kappa shape index (κ3) is 2.94. The van der Waals surface area contributed by atoms with Crippen LogP contribution < -0.4 is 0 Å². The van der Waals surface area contributed by atoms with Gasteiger partial charge in [-0.05, 0) is 42.9 Å². The summed E-state index contributed by atoms with van der Waals surface area (Å²) in [4.78, 5) is 33.3. The van der Waals surface area contributed by atoms with Gasteiger partial charge in [-0.3, -0.25) is 14.4 Å². The maximum atomic E-state index is 11.1. The van der Waals surface area contributed by atoms with E-state index in [1.165, 1.54) is 0 Å². The van der Waals surface area contributed by atoms with E-state index in [-0.39, 0.29) is 17.8 Å². The van der Waals surface area contributed by atoms with E-state index >= 15 is 0 Å². The number of hydrogen-bond acceptors (Lipinski definition) is 3. The van der Waals surface area contributed by atoms with Gasteiger partial charge in [0.2, 0.25) is 0 Å². The van der Waals surface area contributed by atoms with Crippen molar-refractivity contribution in [3.8, 4) is 0 Å². The molecule has 0 saturated heterocycles. The molecule has 0 aromatic carbocycles. The predicted molar refractivity (Wildman–Crippen MR) is 70.2 cm³/mol. The van der Waals surface area contributed by atoms with Gasteiger partial charge in [0.1, 0.15) is 0 Å². The molecule has 114 valence electrons. The van der Waals surface area contributed by atoms with Gasteiger partial charge >= 0.3 is 17.9 Å². The highest BCUT2D eigenvalue weighted by atomic mass is 16.4. The van der Waals surface area contributed by atoms with E-state index in [9.17, 15) is 14.4 Å².